The molecule has 2 rings (SSSR count). The Kier molecular flexibility index (Phi) is 2.03. The third-order valence-corrected chi connectivity index (χ3v) is 2.52. The number of rotatable bonds is 0. The molecule has 16 heavy (non-hydrogen) atoms. The topological polar surface area (TPSA) is 23.8 Å². The number of hydrogen-bond acceptors (Lipinski definition) is 0. The molecule has 1 aliphatic heterocycles. The van der Waals surface area contributed by atoms with Crippen molar-refractivity contribution in [1.82, 2.24) is 4.93 Å². The molecule has 0 saturated heterocycles. The van der Waals surface area contributed by atoms with Gasteiger partial charge in [0.15, 0.2) is 0 Å². The van der Waals surface area contributed by atoms with E-state index in [9.17, 15) is 17.7 Å². The first kappa shape index (κ1) is 10.9. The lowest BCUT2D eigenvalue weighted by molar-refractivity contribution is -0.239. The van der Waals surface area contributed by atoms with E-state index < -0.39 is 33.5 Å². The van der Waals surface area contributed by atoms with E-state index in [-0.39, 0.29) is 0 Å². The van der Waals surface area contributed by atoms with E-state index in [0.717, 1.165) is 18.2 Å². The zero-order chi connectivity index (χ0) is 12.1. The van der Waals surface area contributed by atoms with E-state index in [0.29, 0.717) is 13.0 Å². The molecule has 1 N–H and O–H groups in total. The van der Waals surface area contributed by atoms with Gasteiger partial charge < -0.3 is 5.73 Å². The minimum Gasteiger partial charge on any atom is -0.698 e. The average molecular weight is 232 g/mol. The number of benzene rings is 1. The highest BCUT2D eigenvalue weighted by molar-refractivity contribution is 5.81. The first-order chi connectivity index (χ1) is 7.27. The van der Waals surface area contributed by atoms with Gasteiger partial charge in [0.1, 0.15) is 10.7 Å². The van der Waals surface area contributed by atoms with Crippen LogP contribution in [0.5, 0.6) is 0 Å². The molecule has 6 heteroatoms. The molecule has 0 saturated carbocycles. The molecule has 1 aromatic carbocycles. The van der Waals surface area contributed by atoms with Gasteiger partial charge in [-0.25, -0.2) is 4.39 Å². The van der Waals surface area contributed by atoms with Crippen molar-refractivity contribution < 1.29 is 17.7 Å². The highest BCUT2D eigenvalue weighted by Gasteiger charge is 2.58. The van der Waals surface area contributed by atoms with Crippen molar-refractivity contribution in [3.05, 3.63) is 41.4 Å². The minimum absolute atomic E-state index is 0.415. The number of alkyl halides is 1. The summed E-state index contributed by atoms with van der Waals surface area (Å²) in [5, 5.41) is 0. The van der Waals surface area contributed by atoms with E-state index in [1.165, 1.54) is 0 Å². The Morgan fingerprint density at radius 1 is 1.31 bits per heavy atom. The summed E-state index contributed by atoms with van der Waals surface area (Å²) < 4.78 is 54.1. The summed E-state index contributed by atoms with van der Waals surface area (Å²) in [6.45, 7) is 0.648. The molecule has 0 radical (unpaired) electrons. The monoisotopic (exact) mass is 232 g/mol. The fraction of sp³-hybridized carbons (Fsp3) is 0.200. The van der Waals surface area contributed by atoms with Crippen molar-refractivity contribution in [2.45, 2.75) is 12.7 Å². The fourth-order valence-corrected chi connectivity index (χ4v) is 1.67. The first-order valence-corrected chi connectivity index (χ1v) is 4.48. The van der Waals surface area contributed by atoms with Crippen molar-refractivity contribution in [3.63, 3.8) is 0 Å². The maximum Gasteiger partial charge on any atom is 0.334 e. The lowest BCUT2D eigenvalue weighted by atomic mass is 10.0. The molecule has 1 unspecified atom stereocenters. The molecular weight excluding hydrogens is 224 g/mol. The lowest BCUT2D eigenvalue weighted by Crippen LogP contribution is -2.50. The number of nitrogens with zero attached hydrogens (tertiary/aromatic N) is 1. The van der Waals surface area contributed by atoms with Gasteiger partial charge in [0.05, 0.1) is 14.5 Å². The molecule has 0 spiro atoms. The Bertz CT molecular complexity index is 480. The summed E-state index contributed by atoms with van der Waals surface area (Å²) in [6, 6.07) is 2.94. The summed E-state index contributed by atoms with van der Waals surface area (Å²) in [6.07, 6.45) is 0.415. The molecule has 0 fully saturated rings. The van der Waals surface area contributed by atoms with Crippen LogP contribution in [0, 0.1) is 5.82 Å². The zero-order valence-electron chi connectivity index (χ0n) is 8.27. The molecule has 0 aliphatic carbocycles. The van der Waals surface area contributed by atoms with Crippen LogP contribution in [0.15, 0.2) is 24.3 Å². The molecule has 86 valence electrons. The van der Waals surface area contributed by atoms with Crippen molar-refractivity contribution in [2.75, 3.05) is 0 Å². The van der Waals surface area contributed by atoms with Gasteiger partial charge in [-0.15, -0.1) is 5.70 Å². The third-order valence-electron chi connectivity index (χ3n) is 2.52. The Hall–Kier alpha value is -1.56. The van der Waals surface area contributed by atoms with Gasteiger partial charge in [-0.3, -0.25) is 0 Å². The maximum absolute atomic E-state index is 13.6. The number of hydrogen-bond donors (Lipinski definition) is 0. The van der Waals surface area contributed by atoms with Crippen LogP contribution in [0.25, 0.3) is 11.4 Å². The Morgan fingerprint density at radius 3 is 2.56 bits per heavy atom. The van der Waals surface area contributed by atoms with E-state index in [4.69, 9.17) is 5.73 Å². The van der Waals surface area contributed by atoms with Gasteiger partial charge in [0.25, 0.3) is 0 Å². The Morgan fingerprint density at radius 2 is 1.94 bits per heavy atom. The number of fused-ring (bicyclic) bond motifs is 1. The molecule has 0 amide bonds. The molecule has 1 aliphatic rings. The van der Waals surface area contributed by atoms with Crippen LogP contribution in [-0.2, 0) is 0 Å². The first-order valence-electron chi connectivity index (χ1n) is 4.48. The molecule has 1 aromatic rings. The smallest absolute Gasteiger partial charge is 0.334 e. The van der Waals surface area contributed by atoms with Crippen LogP contribution in [-0.4, -0.2) is 5.79 Å². The van der Waals surface area contributed by atoms with Gasteiger partial charge >= 0.3 is 5.79 Å². The van der Waals surface area contributed by atoms with Crippen LogP contribution in [0.1, 0.15) is 12.5 Å². The van der Waals surface area contributed by atoms with Crippen LogP contribution < -0.4 is 4.93 Å². The van der Waals surface area contributed by atoms with E-state index in [1.54, 1.807) is 0 Å². The summed E-state index contributed by atoms with van der Waals surface area (Å²) >= 11 is 0. The molecular formula is C10H8F4N2. The largest absolute Gasteiger partial charge is 0.698 e. The van der Waals surface area contributed by atoms with Gasteiger partial charge in [0.2, 0.25) is 5.69 Å². The second-order valence-electron chi connectivity index (χ2n) is 3.73. The predicted molar refractivity (Wildman–Crippen MR) is 52.2 cm³/mol. The predicted octanol–water partition coefficient (Wildman–Crippen LogP) is 3.99. The molecule has 1 heterocycles. The highest BCUT2D eigenvalue weighted by atomic mass is 19.4. The summed E-state index contributed by atoms with van der Waals surface area (Å²) in [5.41, 5.74) is 5.41. The second-order valence-corrected chi connectivity index (χ2v) is 3.73. The van der Waals surface area contributed by atoms with Crippen LogP contribution in [0.3, 0.4) is 0 Å². The maximum atomic E-state index is 13.6. The third kappa shape index (κ3) is 1.23. The van der Waals surface area contributed by atoms with Gasteiger partial charge in [-0.2, -0.15) is 4.39 Å². The zero-order valence-corrected chi connectivity index (χ0v) is 8.27. The van der Waals surface area contributed by atoms with Gasteiger partial charge in [-0.05, 0) is 6.07 Å². The summed E-state index contributed by atoms with van der Waals surface area (Å²) in [5.74, 6) is -3.98. The van der Waals surface area contributed by atoms with E-state index >= 15 is 0 Å². The number of nitrogens with one attached hydrogen (secondary N) is 1. The van der Waals surface area contributed by atoms with Crippen molar-refractivity contribution in [3.8, 4) is 0 Å². The van der Waals surface area contributed by atoms with Crippen molar-refractivity contribution in [1.29, 1.82) is 0 Å². The standard InChI is InChI=1S/C10H8F4N2/c1-10(12)5-7(15)9-6(11)3-2-4-8(9)16(10,13)14/h2-5,15H,1H3. The minimum atomic E-state index is -3.11. The Balaban J connectivity index is 2.79. The number of quaternary nitrogens is 1. The van der Waals surface area contributed by atoms with Gasteiger partial charge in [0, 0.05) is 19.1 Å². The van der Waals surface area contributed by atoms with E-state index in [1.807, 2.05) is 0 Å². The molecule has 2 nitrogen and oxygen atoms in total. The van der Waals surface area contributed by atoms with Gasteiger partial charge in [-0.1, -0.05) is 6.07 Å². The number of halogens is 4. The Labute approximate surface area is 89.0 Å². The van der Waals surface area contributed by atoms with Crippen molar-refractivity contribution >= 4 is 11.4 Å². The quantitative estimate of drug-likeness (QED) is 0.367. The normalized spacial score (nSPS) is 27.2. The SMILES string of the molecule is CC1(F)C=C([NH-])c2c(F)cccc2[N+]1(F)F. The van der Waals surface area contributed by atoms with Crippen LogP contribution in [0.4, 0.5) is 23.4 Å². The fourth-order valence-electron chi connectivity index (χ4n) is 1.67. The second kappa shape index (κ2) is 2.98. The van der Waals surface area contributed by atoms with E-state index in [2.05, 4.69) is 0 Å². The van der Waals surface area contributed by atoms with Crippen LogP contribution >= 0.6 is 0 Å². The average Bonchev–Trinajstić information content (AvgIpc) is 2.14. The summed E-state index contributed by atoms with van der Waals surface area (Å²) in [7, 11) is 0. The molecule has 0 bridgehead atoms. The van der Waals surface area contributed by atoms with Crippen molar-refractivity contribution in [2.24, 2.45) is 0 Å². The lowest BCUT2D eigenvalue weighted by Gasteiger charge is -2.32. The highest BCUT2D eigenvalue weighted by Crippen LogP contribution is 2.47. The summed E-state index contributed by atoms with van der Waals surface area (Å²) in [4.78, 5) is -3.11. The molecule has 0 aromatic heterocycles. The molecule has 1 atom stereocenters. The van der Waals surface area contributed by atoms with Crippen LogP contribution in [0.2, 0.25) is 0 Å².